The standard InChI is InChI=1S/C32H36N6O3/c33-30(35-36-34)26-7-2-1-6-25(26)24-12-10-22(11-13-24)20-37-17-14-23(15-18-37)21-41-32(39)29-27-8-3-4-9-28(27)38-16-5-19-40-31(29)38/h1-4,6-13,23,36H,5,14-21,34H2,(H2,33,35). The summed E-state index contributed by atoms with van der Waals surface area (Å²) >= 11 is 0. The summed E-state index contributed by atoms with van der Waals surface area (Å²) < 4.78 is 13.9. The number of para-hydroxylation sites is 1. The lowest BCUT2D eigenvalue weighted by Crippen LogP contribution is -2.35. The largest absolute Gasteiger partial charge is 0.478 e. The zero-order valence-electron chi connectivity index (χ0n) is 23.1. The number of hydrazine groups is 1. The van der Waals surface area contributed by atoms with Gasteiger partial charge >= 0.3 is 5.97 Å². The number of piperidine rings is 1. The lowest BCUT2D eigenvalue weighted by molar-refractivity contribution is 0.0365. The van der Waals surface area contributed by atoms with E-state index in [1.54, 1.807) is 0 Å². The molecule has 2 aliphatic rings. The second-order valence-corrected chi connectivity index (χ2v) is 10.7. The number of hydrogen-bond donors (Lipinski definition) is 3. The van der Waals surface area contributed by atoms with Gasteiger partial charge in [0, 0.05) is 24.0 Å². The zero-order chi connectivity index (χ0) is 28.2. The highest BCUT2D eigenvalue weighted by molar-refractivity contribution is 6.07. The minimum Gasteiger partial charge on any atom is -0.478 e. The fraction of sp³-hybridized carbons (Fsp3) is 0.312. The number of hydrazone groups is 1. The molecule has 6 rings (SSSR count). The molecule has 0 saturated carbocycles. The van der Waals surface area contributed by atoms with Crippen LogP contribution >= 0.6 is 0 Å². The summed E-state index contributed by atoms with van der Waals surface area (Å²) in [6.07, 6.45) is 2.93. The number of amidine groups is 1. The van der Waals surface area contributed by atoms with E-state index in [0.29, 0.717) is 36.4 Å². The Morgan fingerprint density at radius 3 is 2.56 bits per heavy atom. The molecule has 0 aliphatic carbocycles. The van der Waals surface area contributed by atoms with Crippen LogP contribution in [0.1, 0.15) is 40.7 Å². The molecule has 0 spiro atoms. The van der Waals surface area contributed by atoms with Crippen molar-refractivity contribution in [2.45, 2.75) is 32.4 Å². The molecule has 0 radical (unpaired) electrons. The number of hydrogen-bond acceptors (Lipinski definition) is 7. The number of carbonyl (C=O) groups is 1. The number of likely N-dealkylation sites (tertiary alicyclic amines) is 1. The predicted octanol–water partition coefficient (Wildman–Crippen LogP) is 4.24. The molecule has 9 nitrogen and oxygen atoms in total. The van der Waals surface area contributed by atoms with Crippen LogP contribution in [0.3, 0.4) is 0 Å². The average molecular weight is 553 g/mol. The second-order valence-electron chi connectivity index (χ2n) is 10.7. The number of carbonyl (C=O) groups excluding carboxylic acids is 1. The van der Waals surface area contributed by atoms with Gasteiger partial charge in [-0.25, -0.2) is 16.2 Å². The molecule has 1 aromatic heterocycles. The van der Waals surface area contributed by atoms with E-state index in [1.165, 1.54) is 5.56 Å². The van der Waals surface area contributed by atoms with Crippen LogP contribution in [-0.2, 0) is 17.8 Å². The molecular weight excluding hydrogens is 516 g/mol. The molecular formula is C32H36N6O3. The van der Waals surface area contributed by atoms with Crippen LogP contribution in [0.15, 0.2) is 77.9 Å². The fourth-order valence-corrected chi connectivity index (χ4v) is 5.95. The number of nitrogens with two attached hydrogens (primary N) is 2. The van der Waals surface area contributed by atoms with Crippen LogP contribution in [-0.4, -0.2) is 47.6 Å². The van der Waals surface area contributed by atoms with Gasteiger partial charge in [-0.3, -0.25) is 4.90 Å². The van der Waals surface area contributed by atoms with E-state index >= 15 is 0 Å². The molecule has 0 amide bonds. The monoisotopic (exact) mass is 552 g/mol. The third-order valence-corrected chi connectivity index (χ3v) is 8.11. The van der Waals surface area contributed by atoms with Crippen molar-refractivity contribution in [1.82, 2.24) is 15.0 Å². The Hall–Kier alpha value is -4.34. The number of ether oxygens (including phenoxy) is 2. The van der Waals surface area contributed by atoms with Crippen molar-refractivity contribution in [3.8, 4) is 17.0 Å². The Labute approximate surface area is 239 Å². The number of aromatic nitrogens is 1. The Morgan fingerprint density at radius 2 is 1.76 bits per heavy atom. The number of nitrogens with one attached hydrogen (secondary N) is 1. The van der Waals surface area contributed by atoms with E-state index in [1.807, 2.05) is 48.5 Å². The summed E-state index contributed by atoms with van der Waals surface area (Å²) in [5.41, 5.74) is 14.1. The predicted molar refractivity (Wildman–Crippen MR) is 160 cm³/mol. The van der Waals surface area contributed by atoms with Crippen LogP contribution in [0.25, 0.3) is 22.0 Å². The van der Waals surface area contributed by atoms with Gasteiger partial charge in [-0.05, 0) is 61.0 Å². The first-order valence-corrected chi connectivity index (χ1v) is 14.2. The third-order valence-electron chi connectivity index (χ3n) is 8.11. The van der Waals surface area contributed by atoms with Gasteiger partial charge in [-0.2, -0.15) is 0 Å². The normalized spacial score (nSPS) is 16.3. The summed E-state index contributed by atoms with van der Waals surface area (Å²) in [6.45, 7) is 4.74. The molecule has 2 aliphatic heterocycles. The summed E-state index contributed by atoms with van der Waals surface area (Å²) in [4.78, 5) is 15.7. The summed E-state index contributed by atoms with van der Waals surface area (Å²) in [7, 11) is 0. The van der Waals surface area contributed by atoms with Gasteiger partial charge in [0.1, 0.15) is 5.56 Å². The van der Waals surface area contributed by atoms with Gasteiger partial charge in [0.05, 0.1) is 18.7 Å². The van der Waals surface area contributed by atoms with Crippen LogP contribution in [0.4, 0.5) is 0 Å². The first kappa shape index (κ1) is 26.9. The van der Waals surface area contributed by atoms with E-state index in [9.17, 15) is 4.79 Å². The number of aryl methyl sites for hydroxylation is 1. The number of esters is 1. The second kappa shape index (κ2) is 12.0. The van der Waals surface area contributed by atoms with E-state index in [-0.39, 0.29) is 5.97 Å². The van der Waals surface area contributed by atoms with Crippen molar-refractivity contribution in [3.63, 3.8) is 0 Å². The summed E-state index contributed by atoms with van der Waals surface area (Å²) in [5, 5.41) is 4.83. The highest BCUT2D eigenvalue weighted by atomic mass is 16.5. The van der Waals surface area contributed by atoms with E-state index in [2.05, 4.69) is 44.4 Å². The Kier molecular flexibility index (Phi) is 7.89. The molecule has 41 heavy (non-hydrogen) atoms. The molecule has 3 aromatic carbocycles. The molecule has 5 N–H and O–H groups in total. The number of nitrogens with zero attached hydrogens (tertiary/aromatic N) is 3. The molecule has 4 aromatic rings. The molecule has 1 saturated heterocycles. The minimum atomic E-state index is -0.284. The average Bonchev–Trinajstić information content (AvgIpc) is 3.36. The maximum Gasteiger partial charge on any atom is 0.344 e. The summed E-state index contributed by atoms with van der Waals surface area (Å²) in [5.74, 6) is 6.38. The highest BCUT2D eigenvalue weighted by Crippen LogP contribution is 2.35. The maximum atomic E-state index is 13.2. The van der Waals surface area contributed by atoms with Crippen molar-refractivity contribution >= 4 is 22.7 Å². The van der Waals surface area contributed by atoms with Crippen LogP contribution in [0.5, 0.6) is 5.88 Å². The SMILES string of the molecule is NN/N=C(\N)c1ccccc1-c1ccc(CN2CCC(COC(=O)c3c4n(c5ccccc35)CCCO4)CC2)cc1. The minimum absolute atomic E-state index is 0.284. The molecule has 0 bridgehead atoms. The van der Waals surface area contributed by atoms with E-state index < -0.39 is 0 Å². The van der Waals surface area contributed by atoms with Crippen molar-refractivity contribution in [2.75, 3.05) is 26.3 Å². The Bertz CT molecular complexity index is 1550. The van der Waals surface area contributed by atoms with Gasteiger partial charge in [0.15, 0.2) is 5.84 Å². The van der Waals surface area contributed by atoms with E-state index in [0.717, 1.165) is 73.0 Å². The Balaban J connectivity index is 1.03. The number of rotatable bonds is 8. The first-order chi connectivity index (χ1) is 20.1. The maximum absolute atomic E-state index is 13.2. The smallest absolute Gasteiger partial charge is 0.344 e. The molecule has 0 unspecified atom stereocenters. The van der Waals surface area contributed by atoms with Gasteiger partial charge < -0.3 is 19.8 Å². The van der Waals surface area contributed by atoms with Crippen molar-refractivity contribution in [2.24, 2.45) is 22.6 Å². The number of benzene rings is 3. The number of fused-ring (bicyclic) bond motifs is 3. The molecule has 9 heteroatoms. The van der Waals surface area contributed by atoms with Crippen LogP contribution in [0, 0.1) is 5.92 Å². The van der Waals surface area contributed by atoms with Gasteiger partial charge in [-0.1, -0.05) is 66.7 Å². The van der Waals surface area contributed by atoms with Gasteiger partial charge in [0.25, 0.3) is 0 Å². The topological polar surface area (TPSA) is 120 Å². The molecule has 212 valence electrons. The lowest BCUT2D eigenvalue weighted by Gasteiger charge is -2.31. The van der Waals surface area contributed by atoms with Crippen molar-refractivity contribution in [3.05, 3.63) is 89.5 Å². The Morgan fingerprint density at radius 1 is 1.00 bits per heavy atom. The molecule has 3 heterocycles. The van der Waals surface area contributed by atoms with Crippen molar-refractivity contribution < 1.29 is 14.3 Å². The molecule has 1 fully saturated rings. The quantitative estimate of drug-likeness (QED) is 0.0983. The zero-order valence-corrected chi connectivity index (χ0v) is 23.1. The van der Waals surface area contributed by atoms with Crippen molar-refractivity contribution in [1.29, 1.82) is 0 Å². The van der Waals surface area contributed by atoms with E-state index in [4.69, 9.17) is 21.1 Å². The highest BCUT2D eigenvalue weighted by Gasteiger charge is 2.28. The fourth-order valence-electron chi connectivity index (χ4n) is 5.95. The lowest BCUT2D eigenvalue weighted by atomic mass is 9.96. The van der Waals surface area contributed by atoms with Gasteiger partial charge in [-0.15, -0.1) is 5.10 Å². The first-order valence-electron chi connectivity index (χ1n) is 14.2. The van der Waals surface area contributed by atoms with Crippen LogP contribution in [0.2, 0.25) is 0 Å². The van der Waals surface area contributed by atoms with Gasteiger partial charge in [0.2, 0.25) is 5.88 Å². The summed E-state index contributed by atoms with van der Waals surface area (Å²) in [6, 6.07) is 24.4. The van der Waals surface area contributed by atoms with Crippen LogP contribution < -0.4 is 21.8 Å². The molecule has 0 atom stereocenters. The third kappa shape index (κ3) is 5.64.